The van der Waals surface area contributed by atoms with Crippen LogP contribution in [0.3, 0.4) is 0 Å². The Kier molecular flexibility index (Phi) is 8.35. The second kappa shape index (κ2) is 11.5. The first-order valence-electron chi connectivity index (χ1n) is 10.7. The number of imide groups is 1. The van der Waals surface area contributed by atoms with E-state index in [1.165, 1.54) is 6.07 Å². The fourth-order valence-electron chi connectivity index (χ4n) is 3.40. The molecule has 0 N–H and O–H groups in total. The highest BCUT2D eigenvalue weighted by atomic mass is 127. The zero-order valence-corrected chi connectivity index (χ0v) is 22.3. The van der Waals surface area contributed by atoms with Crippen molar-refractivity contribution in [3.05, 3.63) is 96.7 Å². The number of carbonyl (C=O) groups excluding carboxylic acids is 2. The molecule has 180 valence electrons. The quantitative estimate of drug-likeness (QED) is 0.195. The predicted octanol–water partition coefficient (Wildman–Crippen LogP) is 7.30. The minimum Gasteiger partial charge on any atom is -0.490 e. The summed E-state index contributed by atoms with van der Waals surface area (Å²) in [6.07, 6.45) is 1.64. The predicted molar refractivity (Wildman–Crippen MR) is 144 cm³/mol. The van der Waals surface area contributed by atoms with E-state index >= 15 is 0 Å². The first-order chi connectivity index (χ1) is 16.9. The molecule has 1 aliphatic rings. The molecule has 3 aromatic carbocycles. The number of thioether (sulfide) groups is 1. The van der Waals surface area contributed by atoms with Crippen molar-refractivity contribution in [2.75, 3.05) is 6.61 Å². The number of amides is 2. The van der Waals surface area contributed by atoms with E-state index in [-0.39, 0.29) is 17.0 Å². The lowest BCUT2D eigenvalue weighted by Gasteiger charge is -2.15. The zero-order valence-electron chi connectivity index (χ0n) is 18.6. The molecule has 1 fully saturated rings. The molecule has 0 atom stereocenters. The first kappa shape index (κ1) is 25.5. The summed E-state index contributed by atoms with van der Waals surface area (Å²) >= 11 is 8.93. The van der Waals surface area contributed by atoms with Crippen molar-refractivity contribution in [3.8, 4) is 11.5 Å². The average molecular weight is 624 g/mol. The van der Waals surface area contributed by atoms with Gasteiger partial charge < -0.3 is 9.47 Å². The second-order valence-corrected chi connectivity index (χ2v) is 10.1. The molecule has 5 nitrogen and oxygen atoms in total. The number of hydrogen-bond donors (Lipinski definition) is 0. The van der Waals surface area contributed by atoms with E-state index in [4.69, 9.17) is 21.1 Å². The van der Waals surface area contributed by atoms with Crippen molar-refractivity contribution in [2.24, 2.45) is 0 Å². The molecule has 1 heterocycles. The van der Waals surface area contributed by atoms with Gasteiger partial charge in [0.1, 0.15) is 12.4 Å². The molecule has 0 bridgehead atoms. The minimum atomic E-state index is -0.459. The monoisotopic (exact) mass is 623 g/mol. The highest BCUT2D eigenvalue weighted by Crippen LogP contribution is 2.38. The largest absolute Gasteiger partial charge is 0.490 e. The second-order valence-electron chi connectivity index (χ2n) is 7.54. The Labute approximate surface area is 225 Å². The normalized spacial score (nSPS) is 14.6. The van der Waals surface area contributed by atoms with Gasteiger partial charge in [-0.25, -0.2) is 4.39 Å². The van der Waals surface area contributed by atoms with Gasteiger partial charge in [-0.2, -0.15) is 0 Å². The third-order valence-electron chi connectivity index (χ3n) is 5.09. The van der Waals surface area contributed by atoms with Crippen molar-refractivity contribution >= 4 is 63.2 Å². The Hall–Kier alpha value is -2.56. The molecule has 0 saturated carbocycles. The minimum absolute atomic E-state index is 0.117. The van der Waals surface area contributed by atoms with Crippen LogP contribution in [0.4, 0.5) is 9.18 Å². The molecular formula is C26H20ClFINO4S. The fraction of sp³-hybridized carbons (Fsp3) is 0.154. The van der Waals surface area contributed by atoms with Crippen molar-refractivity contribution in [2.45, 2.75) is 20.1 Å². The van der Waals surface area contributed by atoms with Gasteiger partial charge in [-0.05, 0) is 88.8 Å². The Morgan fingerprint density at radius 3 is 2.54 bits per heavy atom. The number of halogens is 3. The van der Waals surface area contributed by atoms with Crippen molar-refractivity contribution in [1.29, 1.82) is 0 Å². The lowest BCUT2D eigenvalue weighted by atomic mass is 10.1. The average Bonchev–Trinajstić information content (AvgIpc) is 3.08. The van der Waals surface area contributed by atoms with Gasteiger partial charge in [0.15, 0.2) is 11.5 Å². The van der Waals surface area contributed by atoms with Crippen LogP contribution in [0.2, 0.25) is 5.02 Å². The molecule has 0 aromatic heterocycles. The zero-order chi connectivity index (χ0) is 24.9. The lowest BCUT2D eigenvalue weighted by Crippen LogP contribution is -2.27. The van der Waals surface area contributed by atoms with Crippen LogP contribution in [-0.2, 0) is 17.9 Å². The standard InChI is InChI=1S/C26H20ClFINO4S/c1-2-33-22-12-17(11-21(29)24(22)34-15-16-7-9-19(27)10-8-16)13-23-25(31)30(26(32)35-23)14-18-5-3-4-6-20(18)28/h3-13H,2,14-15H2,1H3/b23-13-. The van der Waals surface area contributed by atoms with Crippen molar-refractivity contribution < 1.29 is 23.5 Å². The van der Waals surface area contributed by atoms with Gasteiger partial charge in [0.25, 0.3) is 11.1 Å². The van der Waals surface area contributed by atoms with Crippen molar-refractivity contribution in [3.63, 3.8) is 0 Å². The Bertz CT molecular complexity index is 1300. The van der Waals surface area contributed by atoms with E-state index in [2.05, 4.69) is 22.6 Å². The van der Waals surface area contributed by atoms with E-state index in [9.17, 15) is 14.0 Å². The van der Waals surface area contributed by atoms with Crippen molar-refractivity contribution in [1.82, 2.24) is 4.90 Å². The van der Waals surface area contributed by atoms with E-state index < -0.39 is 17.0 Å². The highest BCUT2D eigenvalue weighted by molar-refractivity contribution is 14.1. The summed E-state index contributed by atoms with van der Waals surface area (Å²) in [4.78, 5) is 26.7. The summed E-state index contributed by atoms with van der Waals surface area (Å²) in [5.74, 6) is 0.206. The Morgan fingerprint density at radius 1 is 1.09 bits per heavy atom. The van der Waals surface area contributed by atoms with Gasteiger partial charge >= 0.3 is 0 Å². The number of rotatable bonds is 8. The molecule has 4 rings (SSSR count). The molecular weight excluding hydrogens is 604 g/mol. The molecule has 0 radical (unpaired) electrons. The van der Waals surface area contributed by atoms with E-state index in [1.54, 1.807) is 42.5 Å². The number of hydrogen-bond acceptors (Lipinski definition) is 5. The van der Waals surface area contributed by atoms with Gasteiger partial charge in [0.2, 0.25) is 0 Å². The summed E-state index contributed by atoms with van der Waals surface area (Å²) in [5, 5.41) is 0.216. The topological polar surface area (TPSA) is 55.8 Å². The molecule has 1 aliphatic heterocycles. The summed E-state index contributed by atoms with van der Waals surface area (Å²) in [6.45, 7) is 2.52. The fourth-order valence-corrected chi connectivity index (χ4v) is 5.14. The summed E-state index contributed by atoms with van der Waals surface area (Å²) in [6, 6.07) is 17.1. The highest BCUT2D eigenvalue weighted by Gasteiger charge is 2.35. The first-order valence-corrected chi connectivity index (χ1v) is 13.0. The Morgan fingerprint density at radius 2 is 1.83 bits per heavy atom. The maximum atomic E-state index is 14.0. The van der Waals surface area contributed by atoms with Gasteiger partial charge in [0, 0.05) is 10.6 Å². The van der Waals surface area contributed by atoms with Crippen LogP contribution in [0.5, 0.6) is 11.5 Å². The van der Waals surface area contributed by atoms with Gasteiger partial charge in [-0.15, -0.1) is 0 Å². The van der Waals surface area contributed by atoms with E-state index in [1.807, 2.05) is 25.1 Å². The molecule has 1 saturated heterocycles. The Balaban J connectivity index is 1.55. The van der Waals surface area contributed by atoms with Crippen LogP contribution in [0.25, 0.3) is 6.08 Å². The molecule has 0 spiro atoms. The number of carbonyl (C=O) groups is 2. The SMILES string of the molecule is CCOc1cc(/C=C2\SC(=O)N(Cc3ccccc3F)C2=O)cc(I)c1OCc1ccc(Cl)cc1. The smallest absolute Gasteiger partial charge is 0.293 e. The van der Waals surface area contributed by atoms with Crippen LogP contribution in [0.1, 0.15) is 23.6 Å². The summed E-state index contributed by atoms with van der Waals surface area (Å²) in [7, 11) is 0. The van der Waals surface area contributed by atoms with Gasteiger partial charge in [-0.1, -0.05) is 41.9 Å². The van der Waals surface area contributed by atoms with Crippen LogP contribution < -0.4 is 9.47 Å². The van der Waals surface area contributed by atoms with Crippen LogP contribution in [-0.4, -0.2) is 22.7 Å². The molecule has 2 amide bonds. The van der Waals surface area contributed by atoms with Gasteiger partial charge in [0.05, 0.1) is 21.6 Å². The summed E-state index contributed by atoms with van der Waals surface area (Å²) in [5.41, 5.74) is 1.93. The summed E-state index contributed by atoms with van der Waals surface area (Å²) < 4.78 is 26.7. The lowest BCUT2D eigenvalue weighted by molar-refractivity contribution is -0.123. The van der Waals surface area contributed by atoms with Gasteiger partial charge in [-0.3, -0.25) is 14.5 Å². The van der Waals surface area contributed by atoms with Crippen LogP contribution in [0.15, 0.2) is 65.6 Å². The number of benzene rings is 3. The number of nitrogens with zero attached hydrogens (tertiary/aromatic N) is 1. The molecule has 0 unspecified atom stereocenters. The van der Waals surface area contributed by atoms with Crippen LogP contribution in [0, 0.1) is 9.39 Å². The van der Waals surface area contributed by atoms with Crippen LogP contribution >= 0.6 is 46.0 Å². The van der Waals surface area contributed by atoms with E-state index in [0.29, 0.717) is 35.3 Å². The van der Waals surface area contributed by atoms with E-state index in [0.717, 1.165) is 25.8 Å². The third kappa shape index (κ3) is 6.17. The third-order valence-corrected chi connectivity index (χ3v) is 7.05. The molecule has 9 heteroatoms. The number of ether oxygens (including phenoxy) is 2. The maximum absolute atomic E-state index is 14.0. The molecule has 0 aliphatic carbocycles. The maximum Gasteiger partial charge on any atom is 0.293 e. The molecule has 3 aromatic rings. The molecule has 35 heavy (non-hydrogen) atoms.